The normalized spacial score (nSPS) is 10.2. The highest BCUT2D eigenvalue weighted by Gasteiger charge is 2.06. The van der Waals surface area contributed by atoms with Crippen molar-refractivity contribution in [2.75, 3.05) is 26.1 Å². The van der Waals surface area contributed by atoms with Gasteiger partial charge in [-0.3, -0.25) is 9.36 Å². The molecule has 2 rings (SSSR count). The number of carbonyl (C=O) groups excluding carboxylic acids is 1. The molecule has 0 radical (unpaired) electrons. The highest BCUT2D eigenvalue weighted by atomic mass is 16.5. The summed E-state index contributed by atoms with van der Waals surface area (Å²) in [5, 5.41) is 5.39. The number of urea groups is 1. The van der Waals surface area contributed by atoms with E-state index >= 15 is 0 Å². The summed E-state index contributed by atoms with van der Waals surface area (Å²) in [4.78, 5) is 28.0. The van der Waals surface area contributed by atoms with Gasteiger partial charge in [-0.05, 0) is 6.42 Å². The molecule has 2 amide bonds. The molecular formula is C17H22N4O4. The minimum Gasteiger partial charge on any atom is -0.497 e. The quantitative estimate of drug-likeness (QED) is 0.795. The van der Waals surface area contributed by atoms with Gasteiger partial charge in [0.05, 0.1) is 20.5 Å². The first kappa shape index (κ1) is 18.3. The summed E-state index contributed by atoms with van der Waals surface area (Å²) in [6.45, 7) is 2.57. The Kier molecular flexibility index (Phi) is 6.39. The fourth-order valence-electron chi connectivity index (χ4n) is 2.17. The maximum atomic E-state index is 12.0. The van der Waals surface area contributed by atoms with Crippen LogP contribution in [-0.2, 0) is 13.0 Å². The van der Waals surface area contributed by atoms with Gasteiger partial charge in [0.2, 0.25) is 0 Å². The summed E-state index contributed by atoms with van der Waals surface area (Å²) < 4.78 is 11.8. The summed E-state index contributed by atoms with van der Waals surface area (Å²) in [5.74, 6) is 1.14. The average Bonchev–Trinajstić information content (AvgIpc) is 2.62. The second-order valence-electron chi connectivity index (χ2n) is 5.25. The lowest BCUT2D eigenvalue weighted by atomic mass is 10.3. The lowest BCUT2D eigenvalue weighted by Gasteiger charge is -2.11. The molecule has 1 heterocycles. The van der Waals surface area contributed by atoms with Crippen molar-refractivity contribution in [3.05, 3.63) is 46.6 Å². The highest BCUT2D eigenvalue weighted by Crippen LogP contribution is 2.25. The van der Waals surface area contributed by atoms with E-state index in [1.807, 2.05) is 6.92 Å². The van der Waals surface area contributed by atoms with Crippen molar-refractivity contribution >= 4 is 11.7 Å². The molecule has 0 saturated heterocycles. The summed E-state index contributed by atoms with van der Waals surface area (Å²) in [5.41, 5.74) is 1.16. The second kappa shape index (κ2) is 8.72. The van der Waals surface area contributed by atoms with E-state index in [4.69, 9.17) is 9.47 Å². The predicted molar refractivity (Wildman–Crippen MR) is 94.4 cm³/mol. The summed E-state index contributed by atoms with van der Waals surface area (Å²) >= 11 is 0. The first-order valence-electron chi connectivity index (χ1n) is 7.89. The van der Waals surface area contributed by atoms with Gasteiger partial charge in [0.15, 0.2) is 0 Å². The topological polar surface area (TPSA) is 94.5 Å². The largest absolute Gasteiger partial charge is 0.497 e. The third-order valence-electron chi connectivity index (χ3n) is 3.55. The number of anilines is 1. The van der Waals surface area contributed by atoms with Crippen LogP contribution in [0.5, 0.6) is 11.5 Å². The number of benzene rings is 1. The van der Waals surface area contributed by atoms with Crippen LogP contribution in [0.4, 0.5) is 10.5 Å². The number of nitrogens with one attached hydrogen (secondary N) is 2. The first-order valence-corrected chi connectivity index (χ1v) is 7.89. The number of carbonyl (C=O) groups is 1. The SMILES string of the molecule is CCc1cc(=O)n(CCNC(=O)Nc2cc(OC)cc(OC)c2)cn1. The number of rotatable bonds is 7. The minimum atomic E-state index is -0.388. The molecule has 8 heteroatoms. The zero-order valence-electron chi connectivity index (χ0n) is 14.5. The zero-order chi connectivity index (χ0) is 18.2. The van der Waals surface area contributed by atoms with E-state index < -0.39 is 0 Å². The monoisotopic (exact) mass is 346 g/mol. The van der Waals surface area contributed by atoms with Gasteiger partial charge in [0.25, 0.3) is 5.56 Å². The van der Waals surface area contributed by atoms with Gasteiger partial charge in [-0.25, -0.2) is 9.78 Å². The summed E-state index contributed by atoms with van der Waals surface area (Å²) in [6.07, 6.45) is 2.20. The number of aromatic nitrogens is 2. The molecular weight excluding hydrogens is 324 g/mol. The summed E-state index contributed by atoms with van der Waals surface area (Å²) in [7, 11) is 3.07. The molecule has 0 unspecified atom stereocenters. The molecule has 25 heavy (non-hydrogen) atoms. The predicted octanol–water partition coefficient (Wildman–Crippen LogP) is 1.64. The third-order valence-corrected chi connectivity index (χ3v) is 3.55. The Balaban J connectivity index is 1.90. The van der Waals surface area contributed by atoms with Crippen molar-refractivity contribution in [2.24, 2.45) is 0 Å². The molecule has 0 aliphatic heterocycles. The molecule has 0 atom stereocenters. The minimum absolute atomic E-state index is 0.133. The van der Waals surface area contributed by atoms with Crippen LogP contribution in [0.1, 0.15) is 12.6 Å². The van der Waals surface area contributed by atoms with Crippen molar-refractivity contribution in [3.63, 3.8) is 0 Å². The molecule has 1 aromatic heterocycles. The maximum absolute atomic E-state index is 12.0. The number of hydrogen-bond acceptors (Lipinski definition) is 5. The number of aryl methyl sites for hydroxylation is 1. The molecule has 0 aliphatic rings. The Morgan fingerprint density at radius 3 is 2.40 bits per heavy atom. The molecule has 134 valence electrons. The van der Waals surface area contributed by atoms with Crippen LogP contribution in [0.3, 0.4) is 0 Å². The van der Waals surface area contributed by atoms with Gasteiger partial charge >= 0.3 is 6.03 Å². The Morgan fingerprint density at radius 1 is 1.16 bits per heavy atom. The maximum Gasteiger partial charge on any atom is 0.319 e. The van der Waals surface area contributed by atoms with Crippen LogP contribution >= 0.6 is 0 Å². The van der Waals surface area contributed by atoms with Gasteiger partial charge in [0.1, 0.15) is 11.5 Å². The van der Waals surface area contributed by atoms with Gasteiger partial charge < -0.3 is 20.1 Å². The van der Waals surface area contributed by atoms with Crippen LogP contribution in [0.25, 0.3) is 0 Å². The fourth-order valence-corrected chi connectivity index (χ4v) is 2.17. The standard InChI is InChI=1S/C17H22N4O4/c1-4-12-9-16(22)21(11-19-12)6-5-18-17(23)20-13-7-14(24-2)10-15(8-13)25-3/h7-11H,4-6H2,1-3H3,(H2,18,20,23). The van der Waals surface area contributed by atoms with E-state index in [0.717, 1.165) is 5.69 Å². The molecule has 2 aromatic rings. The molecule has 0 aliphatic carbocycles. The van der Waals surface area contributed by atoms with Crippen LogP contribution < -0.4 is 25.7 Å². The van der Waals surface area contributed by atoms with Crippen LogP contribution in [0.2, 0.25) is 0 Å². The number of amides is 2. The van der Waals surface area contributed by atoms with Gasteiger partial charge in [-0.15, -0.1) is 0 Å². The summed E-state index contributed by atoms with van der Waals surface area (Å²) in [6, 6.07) is 6.19. The number of ether oxygens (including phenoxy) is 2. The van der Waals surface area contributed by atoms with Crippen LogP contribution in [-0.4, -0.2) is 36.3 Å². The number of methoxy groups -OCH3 is 2. The van der Waals surface area contributed by atoms with Gasteiger partial charge in [0, 0.05) is 48.7 Å². The lowest BCUT2D eigenvalue weighted by Crippen LogP contribution is -2.33. The second-order valence-corrected chi connectivity index (χ2v) is 5.25. The van der Waals surface area contributed by atoms with Crippen LogP contribution in [0.15, 0.2) is 35.4 Å². The Bertz CT molecular complexity index is 766. The van der Waals surface area contributed by atoms with E-state index in [0.29, 0.717) is 36.7 Å². The fraction of sp³-hybridized carbons (Fsp3) is 0.353. The first-order chi connectivity index (χ1) is 12.0. The molecule has 0 saturated carbocycles. The van der Waals surface area contributed by atoms with Crippen molar-refractivity contribution in [3.8, 4) is 11.5 Å². The number of nitrogens with zero attached hydrogens (tertiary/aromatic N) is 2. The third kappa shape index (κ3) is 5.23. The molecule has 0 bridgehead atoms. The molecule has 0 fully saturated rings. The molecule has 8 nitrogen and oxygen atoms in total. The lowest BCUT2D eigenvalue weighted by molar-refractivity contribution is 0.251. The van der Waals surface area contributed by atoms with Crippen LogP contribution in [0, 0.1) is 0 Å². The Labute approximate surface area is 145 Å². The van der Waals surface area contributed by atoms with E-state index in [9.17, 15) is 9.59 Å². The van der Waals surface area contributed by atoms with Crippen molar-refractivity contribution in [1.29, 1.82) is 0 Å². The van der Waals surface area contributed by atoms with Crippen molar-refractivity contribution in [1.82, 2.24) is 14.9 Å². The van der Waals surface area contributed by atoms with E-state index in [-0.39, 0.29) is 11.6 Å². The Hall–Kier alpha value is -3.03. The van der Waals surface area contributed by atoms with Crippen molar-refractivity contribution < 1.29 is 14.3 Å². The van der Waals surface area contributed by atoms with E-state index in [2.05, 4.69) is 15.6 Å². The van der Waals surface area contributed by atoms with E-state index in [1.165, 1.54) is 31.2 Å². The van der Waals surface area contributed by atoms with Crippen molar-refractivity contribution in [2.45, 2.75) is 19.9 Å². The highest BCUT2D eigenvalue weighted by molar-refractivity contribution is 5.89. The Morgan fingerprint density at radius 2 is 1.84 bits per heavy atom. The average molecular weight is 346 g/mol. The molecule has 0 spiro atoms. The van der Waals surface area contributed by atoms with E-state index in [1.54, 1.807) is 18.2 Å². The zero-order valence-corrected chi connectivity index (χ0v) is 14.5. The smallest absolute Gasteiger partial charge is 0.319 e. The van der Waals surface area contributed by atoms with Gasteiger partial charge in [-0.1, -0.05) is 6.92 Å². The molecule has 1 aromatic carbocycles. The molecule has 2 N–H and O–H groups in total. The number of hydrogen-bond donors (Lipinski definition) is 2. The van der Waals surface area contributed by atoms with Gasteiger partial charge in [-0.2, -0.15) is 0 Å².